The fourth-order valence-corrected chi connectivity index (χ4v) is 2.95. The molecule has 92 valence electrons. The molecule has 1 nitrogen and oxygen atoms in total. The molecule has 3 heteroatoms. The maximum atomic E-state index is 13.1. The Kier molecular flexibility index (Phi) is 3.79. The van der Waals surface area contributed by atoms with Crippen molar-refractivity contribution in [1.82, 2.24) is 0 Å². The third-order valence-electron chi connectivity index (χ3n) is 2.92. The molecule has 0 aliphatic carbocycles. The number of thiophene rings is 1. The normalized spacial score (nSPS) is 13.5. The summed E-state index contributed by atoms with van der Waals surface area (Å²) in [5, 5.41) is 0.963. The summed E-state index contributed by atoms with van der Waals surface area (Å²) >= 11 is 1.67. The molecule has 1 atom stereocenters. The topological polar surface area (TPSA) is 26.0 Å². The molecule has 2 aromatic rings. The number of nitrogens with two attached hydrogens (primary N) is 1. The zero-order valence-electron chi connectivity index (χ0n) is 10.2. The van der Waals surface area contributed by atoms with Crippen LogP contribution < -0.4 is 5.73 Å². The Balaban J connectivity index is 2.18. The molecule has 2 N–H and O–H groups in total. The second-order valence-corrected chi connectivity index (χ2v) is 6.02. The van der Waals surface area contributed by atoms with Gasteiger partial charge in [-0.1, -0.05) is 13.8 Å². The quantitative estimate of drug-likeness (QED) is 0.852. The van der Waals surface area contributed by atoms with Crippen LogP contribution in [0.25, 0.3) is 10.1 Å². The van der Waals surface area contributed by atoms with E-state index in [1.165, 1.54) is 6.07 Å². The van der Waals surface area contributed by atoms with E-state index in [4.69, 9.17) is 5.73 Å². The van der Waals surface area contributed by atoms with E-state index >= 15 is 0 Å². The Bertz CT molecular complexity index is 504. The van der Waals surface area contributed by atoms with Crippen molar-refractivity contribution in [3.63, 3.8) is 0 Å². The summed E-state index contributed by atoms with van der Waals surface area (Å²) in [7, 11) is 0. The minimum Gasteiger partial charge on any atom is -0.323 e. The summed E-state index contributed by atoms with van der Waals surface area (Å²) in [6.45, 7) is 4.40. The van der Waals surface area contributed by atoms with E-state index in [1.807, 2.05) is 12.1 Å². The molecule has 0 fully saturated rings. The van der Waals surface area contributed by atoms with Crippen LogP contribution in [-0.2, 0) is 0 Å². The van der Waals surface area contributed by atoms with Gasteiger partial charge in [0, 0.05) is 15.6 Å². The Hall–Kier alpha value is -0.930. The zero-order valence-corrected chi connectivity index (χ0v) is 11.1. The molecule has 0 bridgehead atoms. The summed E-state index contributed by atoms with van der Waals surface area (Å²) in [5.74, 6) is 0.491. The summed E-state index contributed by atoms with van der Waals surface area (Å²) in [6.07, 6.45) is 2.12. The molecule has 1 aromatic carbocycles. The standard InChI is InChI=1S/C14H18FNS/c1-9(2)3-5-12(16)14-8-10-7-11(15)4-6-13(10)17-14/h4,6-9,12H,3,5,16H2,1-2H3. The second kappa shape index (κ2) is 5.15. The Morgan fingerprint density at radius 3 is 2.71 bits per heavy atom. The molecule has 2 rings (SSSR count). The van der Waals surface area contributed by atoms with Crippen LogP contribution in [0, 0.1) is 11.7 Å². The highest BCUT2D eigenvalue weighted by molar-refractivity contribution is 7.19. The highest BCUT2D eigenvalue weighted by atomic mass is 32.1. The molecular formula is C14H18FNS. The van der Waals surface area contributed by atoms with Gasteiger partial charge in [0.15, 0.2) is 0 Å². The monoisotopic (exact) mass is 251 g/mol. The van der Waals surface area contributed by atoms with E-state index in [-0.39, 0.29) is 11.9 Å². The number of halogens is 1. The molecule has 0 saturated carbocycles. The lowest BCUT2D eigenvalue weighted by Crippen LogP contribution is -2.09. The number of hydrogen-bond acceptors (Lipinski definition) is 2. The molecule has 1 heterocycles. The van der Waals surface area contributed by atoms with Gasteiger partial charge >= 0.3 is 0 Å². The third kappa shape index (κ3) is 3.05. The van der Waals surface area contributed by atoms with Gasteiger partial charge < -0.3 is 5.73 Å². The molecule has 0 radical (unpaired) electrons. The van der Waals surface area contributed by atoms with Gasteiger partial charge in [0.2, 0.25) is 0 Å². The maximum absolute atomic E-state index is 13.1. The van der Waals surface area contributed by atoms with Crippen LogP contribution in [0.1, 0.15) is 37.6 Å². The highest BCUT2D eigenvalue weighted by Gasteiger charge is 2.11. The van der Waals surface area contributed by atoms with Gasteiger partial charge in [-0.15, -0.1) is 11.3 Å². The fraction of sp³-hybridized carbons (Fsp3) is 0.429. The predicted octanol–water partition coefficient (Wildman–Crippen LogP) is 4.48. The van der Waals surface area contributed by atoms with Crippen LogP contribution >= 0.6 is 11.3 Å². The zero-order chi connectivity index (χ0) is 12.4. The molecule has 1 aromatic heterocycles. The Morgan fingerprint density at radius 2 is 2.00 bits per heavy atom. The van der Waals surface area contributed by atoms with E-state index < -0.39 is 0 Å². The van der Waals surface area contributed by atoms with Crippen molar-refractivity contribution in [2.24, 2.45) is 11.7 Å². The van der Waals surface area contributed by atoms with Gasteiger partial charge in [-0.2, -0.15) is 0 Å². The van der Waals surface area contributed by atoms with Crippen molar-refractivity contribution in [3.8, 4) is 0 Å². The lowest BCUT2D eigenvalue weighted by atomic mass is 10.0. The fourth-order valence-electron chi connectivity index (χ4n) is 1.87. The molecule has 17 heavy (non-hydrogen) atoms. The Morgan fingerprint density at radius 1 is 1.24 bits per heavy atom. The van der Waals surface area contributed by atoms with E-state index in [1.54, 1.807) is 17.4 Å². The molecule has 1 unspecified atom stereocenters. The third-order valence-corrected chi connectivity index (χ3v) is 4.17. The Labute approximate surface area is 105 Å². The van der Waals surface area contributed by atoms with Crippen molar-refractivity contribution in [1.29, 1.82) is 0 Å². The van der Waals surface area contributed by atoms with Crippen molar-refractivity contribution in [3.05, 3.63) is 35.0 Å². The van der Waals surface area contributed by atoms with E-state index in [0.29, 0.717) is 5.92 Å². The number of benzene rings is 1. The highest BCUT2D eigenvalue weighted by Crippen LogP contribution is 2.31. The van der Waals surface area contributed by atoms with Crippen molar-refractivity contribution in [2.45, 2.75) is 32.7 Å². The average molecular weight is 251 g/mol. The SMILES string of the molecule is CC(C)CCC(N)c1cc2cc(F)ccc2s1. The number of hydrogen-bond donors (Lipinski definition) is 1. The minimum absolute atomic E-state index is 0.0814. The van der Waals surface area contributed by atoms with Gasteiger partial charge in [0.05, 0.1) is 0 Å². The molecule has 0 aliphatic heterocycles. The molecule has 0 aliphatic rings. The van der Waals surface area contributed by atoms with Gasteiger partial charge in [-0.05, 0) is 48.4 Å². The largest absolute Gasteiger partial charge is 0.323 e. The van der Waals surface area contributed by atoms with Crippen molar-refractivity contribution >= 4 is 21.4 Å². The average Bonchev–Trinajstić information content (AvgIpc) is 2.68. The van der Waals surface area contributed by atoms with Crippen LogP contribution in [0.2, 0.25) is 0 Å². The summed E-state index contributed by atoms with van der Waals surface area (Å²) in [5.41, 5.74) is 6.16. The van der Waals surface area contributed by atoms with Crippen LogP contribution in [-0.4, -0.2) is 0 Å². The van der Waals surface area contributed by atoms with E-state index in [9.17, 15) is 4.39 Å². The van der Waals surface area contributed by atoms with Crippen LogP contribution in [0.3, 0.4) is 0 Å². The molecular weight excluding hydrogens is 233 g/mol. The summed E-state index contributed by atoms with van der Waals surface area (Å²) in [4.78, 5) is 1.16. The molecule has 0 spiro atoms. The lowest BCUT2D eigenvalue weighted by Gasteiger charge is -2.10. The summed E-state index contributed by atoms with van der Waals surface area (Å²) in [6, 6.07) is 7.01. The van der Waals surface area contributed by atoms with Crippen LogP contribution in [0.4, 0.5) is 4.39 Å². The predicted molar refractivity (Wildman–Crippen MR) is 72.8 cm³/mol. The lowest BCUT2D eigenvalue weighted by molar-refractivity contribution is 0.511. The first-order valence-electron chi connectivity index (χ1n) is 6.01. The van der Waals surface area contributed by atoms with Gasteiger partial charge in [0.1, 0.15) is 5.82 Å². The first-order chi connectivity index (χ1) is 8.06. The molecule has 0 saturated heterocycles. The number of fused-ring (bicyclic) bond motifs is 1. The van der Waals surface area contributed by atoms with E-state index in [0.717, 1.165) is 27.8 Å². The van der Waals surface area contributed by atoms with Crippen LogP contribution in [0.15, 0.2) is 24.3 Å². The van der Waals surface area contributed by atoms with Gasteiger partial charge in [0.25, 0.3) is 0 Å². The maximum Gasteiger partial charge on any atom is 0.123 e. The first-order valence-corrected chi connectivity index (χ1v) is 6.82. The van der Waals surface area contributed by atoms with Crippen molar-refractivity contribution < 1.29 is 4.39 Å². The number of rotatable bonds is 4. The smallest absolute Gasteiger partial charge is 0.123 e. The van der Waals surface area contributed by atoms with E-state index in [2.05, 4.69) is 13.8 Å². The van der Waals surface area contributed by atoms with Gasteiger partial charge in [-0.3, -0.25) is 0 Å². The minimum atomic E-state index is -0.183. The summed E-state index contributed by atoms with van der Waals surface area (Å²) < 4.78 is 14.2. The first kappa shape index (κ1) is 12.5. The molecule has 0 amide bonds. The second-order valence-electron chi connectivity index (χ2n) is 4.91. The van der Waals surface area contributed by atoms with Gasteiger partial charge in [-0.25, -0.2) is 4.39 Å². The van der Waals surface area contributed by atoms with Crippen molar-refractivity contribution in [2.75, 3.05) is 0 Å². The van der Waals surface area contributed by atoms with Crippen LogP contribution in [0.5, 0.6) is 0 Å².